The third kappa shape index (κ3) is 5.79. The zero-order chi connectivity index (χ0) is 29.6. The normalized spacial score (nSPS) is 18.7. The third-order valence-corrected chi connectivity index (χ3v) is 7.69. The Bertz CT molecular complexity index is 1440. The number of hydrogen-bond acceptors (Lipinski definition) is 7. The third-order valence-electron chi connectivity index (χ3n) is 7.69. The molecule has 1 amide bonds. The van der Waals surface area contributed by atoms with Crippen LogP contribution in [0.3, 0.4) is 0 Å². The maximum atomic E-state index is 14.3. The zero-order valence-corrected chi connectivity index (χ0v) is 24.9. The van der Waals surface area contributed by atoms with Crippen LogP contribution in [0.2, 0.25) is 0 Å². The predicted octanol–water partition coefficient (Wildman–Crippen LogP) is 6.95. The number of hydrogen-bond donors (Lipinski definition) is 0. The van der Waals surface area contributed by atoms with Crippen LogP contribution in [-0.2, 0) is 0 Å². The highest BCUT2D eigenvalue weighted by Gasteiger charge is 2.44. The fourth-order valence-electron chi connectivity index (χ4n) is 5.79. The number of ether oxygens (including phenoxy) is 5. The molecule has 220 valence electrons. The summed E-state index contributed by atoms with van der Waals surface area (Å²) in [6.07, 6.45) is 5.01. The van der Waals surface area contributed by atoms with Crippen molar-refractivity contribution in [3.63, 3.8) is 0 Å². The van der Waals surface area contributed by atoms with Gasteiger partial charge in [0.05, 0.1) is 46.3 Å². The van der Waals surface area contributed by atoms with Crippen molar-refractivity contribution < 1.29 is 28.5 Å². The molecule has 1 fully saturated rings. The minimum atomic E-state index is -0.272. The van der Waals surface area contributed by atoms with Crippen LogP contribution in [0.15, 0.2) is 71.3 Å². The van der Waals surface area contributed by atoms with Crippen LogP contribution in [0.1, 0.15) is 60.6 Å². The van der Waals surface area contributed by atoms with Crippen molar-refractivity contribution in [2.75, 3.05) is 34.5 Å². The lowest BCUT2D eigenvalue weighted by atomic mass is 9.77. The second kappa shape index (κ2) is 13.0. The van der Waals surface area contributed by atoms with E-state index in [0.29, 0.717) is 36.0 Å². The highest BCUT2D eigenvalue weighted by molar-refractivity contribution is 6.09. The van der Waals surface area contributed by atoms with Gasteiger partial charge in [0.15, 0.2) is 11.5 Å². The number of rotatable bonds is 10. The van der Waals surface area contributed by atoms with Crippen LogP contribution < -0.4 is 23.7 Å². The Morgan fingerprint density at radius 3 is 2.02 bits per heavy atom. The Morgan fingerprint density at radius 2 is 1.48 bits per heavy atom. The number of allylic oxidation sites excluding steroid dienone is 1. The SMILES string of the molecule is CCOc1ccc(/C=C2\CCC[C@H]3C2=NN(C(=O)c2cc(OC)c(OC)c(OC)c2)[C@@H]3c2ccc(OCC)cc2)cc1. The summed E-state index contributed by atoms with van der Waals surface area (Å²) in [6.45, 7) is 5.15. The minimum Gasteiger partial charge on any atom is -0.494 e. The molecule has 8 nitrogen and oxygen atoms in total. The van der Waals surface area contributed by atoms with E-state index in [1.165, 1.54) is 14.2 Å². The Morgan fingerprint density at radius 1 is 0.881 bits per heavy atom. The van der Waals surface area contributed by atoms with Gasteiger partial charge in [-0.25, -0.2) is 5.01 Å². The lowest BCUT2D eigenvalue weighted by Gasteiger charge is -2.30. The van der Waals surface area contributed by atoms with Gasteiger partial charge in [-0.15, -0.1) is 0 Å². The smallest absolute Gasteiger partial charge is 0.274 e. The predicted molar refractivity (Wildman–Crippen MR) is 163 cm³/mol. The maximum Gasteiger partial charge on any atom is 0.274 e. The van der Waals surface area contributed by atoms with Crippen molar-refractivity contribution in [1.82, 2.24) is 5.01 Å². The maximum absolute atomic E-state index is 14.3. The van der Waals surface area contributed by atoms with Crippen LogP contribution in [0.4, 0.5) is 0 Å². The van der Waals surface area contributed by atoms with Gasteiger partial charge >= 0.3 is 0 Å². The van der Waals surface area contributed by atoms with Crippen molar-refractivity contribution in [2.24, 2.45) is 11.0 Å². The molecule has 3 aromatic rings. The molecular formula is C34H38N2O6. The summed E-state index contributed by atoms with van der Waals surface area (Å²) in [7, 11) is 4.62. The number of carbonyl (C=O) groups excluding carboxylic acids is 1. The summed E-state index contributed by atoms with van der Waals surface area (Å²) in [5, 5.41) is 6.68. The molecule has 0 saturated heterocycles. The summed E-state index contributed by atoms with van der Waals surface area (Å²) in [4.78, 5) is 14.3. The molecule has 2 atom stereocenters. The number of nitrogens with zero attached hydrogens (tertiary/aromatic N) is 2. The first-order chi connectivity index (χ1) is 20.5. The highest BCUT2D eigenvalue weighted by atomic mass is 16.5. The van der Waals surface area contributed by atoms with Crippen molar-refractivity contribution in [1.29, 1.82) is 0 Å². The van der Waals surface area contributed by atoms with Gasteiger partial charge in [0.25, 0.3) is 5.91 Å². The Hall–Kier alpha value is -4.46. The van der Waals surface area contributed by atoms with E-state index in [1.807, 2.05) is 50.2 Å². The van der Waals surface area contributed by atoms with Crippen molar-refractivity contribution >= 4 is 17.7 Å². The van der Waals surface area contributed by atoms with Crippen LogP contribution in [0, 0.1) is 5.92 Å². The molecule has 1 saturated carbocycles. The van der Waals surface area contributed by atoms with E-state index in [2.05, 4.69) is 18.2 Å². The number of benzene rings is 3. The summed E-state index contributed by atoms with van der Waals surface area (Å²) in [6, 6.07) is 19.1. The molecule has 0 aromatic heterocycles. The van der Waals surface area contributed by atoms with E-state index in [0.717, 1.165) is 53.2 Å². The Labute approximate surface area is 247 Å². The first kappa shape index (κ1) is 29.0. The zero-order valence-electron chi connectivity index (χ0n) is 24.9. The number of hydrazone groups is 1. The molecule has 3 aromatic carbocycles. The van der Waals surface area contributed by atoms with Gasteiger partial charge in [-0.05, 0) is 92.3 Å². The minimum absolute atomic E-state index is 0.0524. The van der Waals surface area contributed by atoms with E-state index < -0.39 is 0 Å². The fraction of sp³-hybridized carbons (Fsp3) is 0.353. The molecule has 1 heterocycles. The van der Waals surface area contributed by atoms with E-state index in [9.17, 15) is 4.79 Å². The van der Waals surface area contributed by atoms with Crippen molar-refractivity contribution in [2.45, 2.75) is 39.2 Å². The van der Waals surface area contributed by atoms with Crippen molar-refractivity contribution in [3.8, 4) is 28.7 Å². The molecule has 42 heavy (non-hydrogen) atoms. The number of fused-ring (bicyclic) bond motifs is 1. The lowest BCUT2D eigenvalue weighted by molar-refractivity contribution is 0.0680. The Balaban J connectivity index is 1.57. The quantitative estimate of drug-likeness (QED) is 0.263. The van der Waals surface area contributed by atoms with E-state index in [4.69, 9.17) is 28.8 Å². The second-order valence-electron chi connectivity index (χ2n) is 10.2. The molecule has 8 heteroatoms. The molecule has 1 aliphatic carbocycles. The summed E-state index contributed by atoms with van der Waals surface area (Å²) in [5.74, 6) is 2.71. The summed E-state index contributed by atoms with van der Waals surface area (Å²) in [5.41, 5.74) is 4.58. The first-order valence-corrected chi connectivity index (χ1v) is 14.4. The molecule has 0 radical (unpaired) electrons. The van der Waals surface area contributed by atoms with Gasteiger partial charge in [0.2, 0.25) is 5.75 Å². The summed E-state index contributed by atoms with van der Waals surface area (Å²) < 4.78 is 27.9. The average molecular weight is 571 g/mol. The molecular weight excluding hydrogens is 532 g/mol. The topological polar surface area (TPSA) is 78.8 Å². The average Bonchev–Trinajstić information content (AvgIpc) is 3.42. The van der Waals surface area contributed by atoms with Crippen LogP contribution in [0.5, 0.6) is 28.7 Å². The summed E-state index contributed by atoms with van der Waals surface area (Å²) >= 11 is 0. The fourth-order valence-corrected chi connectivity index (χ4v) is 5.79. The number of amides is 1. The molecule has 5 rings (SSSR count). The van der Waals surface area contributed by atoms with Gasteiger partial charge in [-0.1, -0.05) is 24.3 Å². The van der Waals surface area contributed by atoms with Crippen LogP contribution in [-0.4, -0.2) is 51.2 Å². The van der Waals surface area contributed by atoms with E-state index in [-0.39, 0.29) is 17.9 Å². The van der Waals surface area contributed by atoms with Gasteiger partial charge in [-0.2, -0.15) is 5.10 Å². The largest absolute Gasteiger partial charge is 0.494 e. The number of methoxy groups -OCH3 is 3. The van der Waals surface area contributed by atoms with E-state index >= 15 is 0 Å². The highest BCUT2D eigenvalue weighted by Crippen LogP contribution is 2.46. The van der Waals surface area contributed by atoms with Gasteiger partial charge in [0, 0.05) is 11.5 Å². The monoisotopic (exact) mass is 570 g/mol. The van der Waals surface area contributed by atoms with Gasteiger partial charge in [0.1, 0.15) is 11.5 Å². The molecule has 0 unspecified atom stereocenters. The molecule has 1 aliphatic heterocycles. The van der Waals surface area contributed by atoms with Crippen LogP contribution in [0.25, 0.3) is 6.08 Å². The second-order valence-corrected chi connectivity index (χ2v) is 10.2. The molecule has 0 N–H and O–H groups in total. The van der Waals surface area contributed by atoms with Crippen LogP contribution >= 0.6 is 0 Å². The Kier molecular flexibility index (Phi) is 9.00. The first-order valence-electron chi connectivity index (χ1n) is 14.4. The molecule has 0 bridgehead atoms. The van der Waals surface area contributed by atoms with Crippen molar-refractivity contribution in [3.05, 3.63) is 82.9 Å². The van der Waals surface area contributed by atoms with Gasteiger partial charge in [-0.3, -0.25) is 4.79 Å². The standard InChI is InChI=1S/C34H38N2O6/c1-6-41-26-15-11-22(12-16-26)19-24-9-8-10-28-31(24)35-36(32(28)23-13-17-27(18-14-23)42-7-2)34(37)25-20-29(38-3)33(40-5)30(21-25)39-4/h11-21,28,32H,6-10H2,1-5H3/b24-19+/t28-,32+/m0/s1. The molecule has 2 aliphatic rings. The number of carbonyl (C=O) groups is 1. The molecule has 0 spiro atoms. The van der Waals surface area contributed by atoms with Gasteiger partial charge < -0.3 is 23.7 Å². The van der Waals surface area contributed by atoms with E-state index in [1.54, 1.807) is 24.3 Å². The lowest BCUT2D eigenvalue weighted by Crippen LogP contribution is -2.32.